The largest absolute Gasteiger partial charge is 0.508 e. The van der Waals surface area contributed by atoms with Gasteiger partial charge in [0.15, 0.2) is 0 Å². The number of unbranched alkanes of at least 4 members (excludes halogenated alkanes) is 1. The predicted molar refractivity (Wildman–Crippen MR) is 113 cm³/mol. The summed E-state index contributed by atoms with van der Waals surface area (Å²) in [4.78, 5) is 2.24. The molecule has 26 heavy (non-hydrogen) atoms. The maximum absolute atomic E-state index is 10.00. The van der Waals surface area contributed by atoms with Gasteiger partial charge in [-0.25, -0.2) is 0 Å². The maximum atomic E-state index is 10.00. The van der Waals surface area contributed by atoms with Gasteiger partial charge in [-0.2, -0.15) is 0 Å². The number of hydrogen-bond acceptors (Lipinski definition) is 2. The zero-order chi connectivity index (χ0) is 17.8. The van der Waals surface area contributed by atoms with Crippen LogP contribution in [-0.4, -0.2) is 30.6 Å². The quantitative estimate of drug-likeness (QED) is 0.728. The Morgan fingerprint density at radius 3 is 2.54 bits per heavy atom. The first-order chi connectivity index (χ1) is 12.1. The maximum Gasteiger partial charge on any atom is 0.116 e. The molecule has 0 aliphatic heterocycles. The van der Waals surface area contributed by atoms with Crippen molar-refractivity contribution in [3.05, 3.63) is 70.3 Å². The van der Waals surface area contributed by atoms with Gasteiger partial charge in [0.2, 0.25) is 0 Å². The van der Waals surface area contributed by atoms with Gasteiger partial charge in [-0.3, -0.25) is 0 Å². The fourth-order valence-corrected chi connectivity index (χ4v) is 3.77. The SMILES string of the molecule is CCCCc1ccc2c(c1)C(c1cccc(O)c1)=C(CN(C)C)CC2.Cl. The molecule has 0 spiro atoms. The third-order valence-electron chi connectivity index (χ3n) is 4.95. The van der Waals surface area contributed by atoms with Gasteiger partial charge >= 0.3 is 0 Å². The number of benzene rings is 2. The van der Waals surface area contributed by atoms with Crippen LogP contribution in [0.1, 0.15) is 48.4 Å². The molecule has 3 rings (SSSR count). The van der Waals surface area contributed by atoms with Gasteiger partial charge in [-0.1, -0.05) is 43.7 Å². The average Bonchev–Trinajstić information content (AvgIpc) is 2.59. The molecule has 0 amide bonds. The summed E-state index contributed by atoms with van der Waals surface area (Å²) >= 11 is 0. The van der Waals surface area contributed by atoms with E-state index < -0.39 is 0 Å². The topological polar surface area (TPSA) is 23.5 Å². The van der Waals surface area contributed by atoms with Crippen molar-refractivity contribution in [1.82, 2.24) is 4.90 Å². The van der Waals surface area contributed by atoms with Crippen LogP contribution in [0.25, 0.3) is 5.57 Å². The van der Waals surface area contributed by atoms with Crippen molar-refractivity contribution >= 4 is 18.0 Å². The summed E-state index contributed by atoms with van der Waals surface area (Å²) in [6.07, 6.45) is 5.78. The van der Waals surface area contributed by atoms with E-state index in [0.717, 1.165) is 31.4 Å². The number of likely N-dealkylation sites (N-methyl/N-ethyl adjacent to an activating group) is 1. The van der Waals surface area contributed by atoms with Gasteiger partial charge in [0.1, 0.15) is 5.75 Å². The van der Waals surface area contributed by atoms with Crippen LogP contribution in [-0.2, 0) is 12.8 Å². The molecule has 1 aliphatic rings. The minimum Gasteiger partial charge on any atom is -0.508 e. The van der Waals surface area contributed by atoms with Crippen LogP contribution in [0.15, 0.2) is 48.0 Å². The van der Waals surface area contributed by atoms with Crippen molar-refractivity contribution in [2.45, 2.75) is 39.0 Å². The van der Waals surface area contributed by atoms with Crippen molar-refractivity contribution in [2.24, 2.45) is 0 Å². The highest BCUT2D eigenvalue weighted by Crippen LogP contribution is 2.38. The lowest BCUT2D eigenvalue weighted by atomic mass is 9.81. The molecule has 0 fully saturated rings. The average molecular weight is 372 g/mol. The number of phenolic OH excluding ortho intramolecular Hbond substituents is 1. The lowest BCUT2D eigenvalue weighted by molar-refractivity contribution is 0.439. The second-order valence-electron chi connectivity index (χ2n) is 7.36. The Kier molecular flexibility index (Phi) is 7.31. The van der Waals surface area contributed by atoms with Crippen molar-refractivity contribution in [3.8, 4) is 5.75 Å². The van der Waals surface area contributed by atoms with E-state index in [1.165, 1.54) is 40.7 Å². The Morgan fingerprint density at radius 1 is 1.04 bits per heavy atom. The minimum atomic E-state index is 0. The van der Waals surface area contributed by atoms with Crippen molar-refractivity contribution < 1.29 is 5.11 Å². The highest BCUT2D eigenvalue weighted by Gasteiger charge is 2.21. The second kappa shape index (κ2) is 9.25. The first-order valence-electron chi connectivity index (χ1n) is 9.36. The normalized spacial score (nSPS) is 13.5. The van der Waals surface area contributed by atoms with Crippen LogP contribution >= 0.6 is 12.4 Å². The van der Waals surface area contributed by atoms with Gasteiger partial charge in [-0.05, 0) is 85.3 Å². The number of aryl methyl sites for hydroxylation is 2. The fraction of sp³-hybridized carbons (Fsp3) is 0.391. The van der Waals surface area contributed by atoms with Gasteiger partial charge in [0, 0.05) is 6.54 Å². The molecule has 3 heteroatoms. The summed E-state index contributed by atoms with van der Waals surface area (Å²) in [6, 6.07) is 14.7. The van der Waals surface area contributed by atoms with E-state index in [1.807, 2.05) is 12.1 Å². The first kappa shape index (κ1) is 20.5. The zero-order valence-electron chi connectivity index (χ0n) is 16.1. The van der Waals surface area contributed by atoms with Gasteiger partial charge in [0.25, 0.3) is 0 Å². The van der Waals surface area contributed by atoms with Crippen LogP contribution < -0.4 is 0 Å². The monoisotopic (exact) mass is 371 g/mol. The molecule has 1 aliphatic carbocycles. The predicted octanol–water partition coefficient (Wildman–Crippen LogP) is 5.47. The number of nitrogens with zero attached hydrogens (tertiary/aromatic N) is 1. The molecule has 1 N–H and O–H groups in total. The highest BCUT2D eigenvalue weighted by molar-refractivity contribution is 5.86. The summed E-state index contributed by atoms with van der Waals surface area (Å²) in [5, 5.41) is 10.00. The van der Waals surface area contributed by atoms with Crippen LogP contribution in [0.4, 0.5) is 0 Å². The van der Waals surface area contributed by atoms with Gasteiger partial charge in [0.05, 0.1) is 0 Å². The summed E-state index contributed by atoms with van der Waals surface area (Å²) in [7, 11) is 4.25. The summed E-state index contributed by atoms with van der Waals surface area (Å²) in [6.45, 7) is 3.20. The Morgan fingerprint density at radius 2 is 1.85 bits per heavy atom. The summed E-state index contributed by atoms with van der Waals surface area (Å²) < 4.78 is 0. The third-order valence-corrected chi connectivity index (χ3v) is 4.95. The van der Waals surface area contributed by atoms with E-state index in [1.54, 1.807) is 6.07 Å². The van der Waals surface area contributed by atoms with Crippen LogP contribution in [0.3, 0.4) is 0 Å². The number of hydrogen-bond donors (Lipinski definition) is 1. The highest BCUT2D eigenvalue weighted by atomic mass is 35.5. The fourth-order valence-electron chi connectivity index (χ4n) is 3.77. The van der Waals surface area contributed by atoms with Gasteiger partial charge in [-0.15, -0.1) is 12.4 Å². The molecule has 2 aromatic rings. The molecule has 2 nitrogen and oxygen atoms in total. The second-order valence-corrected chi connectivity index (χ2v) is 7.36. The van der Waals surface area contributed by atoms with E-state index in [9.17, 15) is 5.11 Å². The van der Waals surface area contributed by atoms with Gasteiger partial charge < -0.3 is 10.0 Å². The Balaban J connectivity index is 0.00000243. The zero-order valence-corrected chi connectivity index (χ0v) is 16.9. The molecule has 0 saturated carbocycles. The molecule has 0 radical (unpaired) electrons. The molecule has 0 heterocycles. The molecular formula is C23H30ClNO. The van der Waals surface area contributed by atoms with Crippen LogP contribution in [0, 0.1) is 0 Å². The number of fused-ring (bicyclic) bond motifs is 1. The van der Waals surface area contributed by atoms with E-state index in [2.05, 4.69) is 50.2 Å². The van der Waals surface area contributed by atoms with Crippen molar-refractivity contribution in [3.63, 3.8) is 0 Å². The van der Waals surface area contributed by atoms with E-state index in [-0.39, 0.29) is 12.4 Å². The minimum absolute atomic E-state index is 0. The molecule has 2 aromatic carbocycles. The number of aromatic hydroxyl groups is 1. The Bertz CT molecular complexity index is 780. The molecular weight excluding hydrogens is 342 g/mol. The molecule has 0 unspecified atom stereocenters. The third kappa shape index (κ3) is 4.69. The molecule has 0 aromatic heterocycles. The van der Waals surface area contributed by atoms with E-state index in [0.29, 0.717) is 5.75 Å². The summed E-state index contributed by atoms with van der Waals surface area (Å²) in [5.74, 6) is 0.337. The van der Waals surface area contributed by atoms with E-state index >= 15 is 0 Å². The van der Waals surface area contributed by atoms with Crippen molar-refractivity contribution in [1.29, 1.82) is 0 Å². The standard InChI is InChI=1S/C23H29NO.ClH/c1-4-5-7-17-10-11-18-12-13-20(16-24(2)3)23(22(18)14-17)19-8-6-9-21(25)15-19;/h6,8-11,14-15,25H,4-5,7,12-13,16H2,1-3H3;1H. The summed E-state index contributed by atoms with van der Waals surface area (Å²) in [5.41, 5.74) is 8.14. The smallest absolute Gasteiger partial charge is 0.116 e. The van der Waals surface area contributed by atoms with Crippen LogP contribution in [0.5, 0.6) is 5.75 Å². The Hall–Kier alpha value is -1.77. The molecule has 140 valence electrons. The number of rotatable bonds is 6. The molecule has 0 atom stereocenters. The van der Waals surface area contributed by atoms with E-state index in [4.69, 9.17) is 0 Å². The molecule has 0 saturated heterocycles. The molecule has 0 bridgehead atoms. The van der Waals surface area contributed by atoms with Crippen LogP contribution in [0.2, 0.25) is 0 Å². The lowest BCUT2D eigenvalue weighted by Crippen LogP contribution is -2.19. The lowest BCUT2D eigenvalue weighted by Gasteiger charge is -2.26. The number of halogens is 1. The number of phenols is 1. The Labute approximate surface area is 164 Å². The first-order valence-corrected chi connectivity index (χ1v) is 9.36. The van der Waals surface area contributed by atoms with Crippen molar-refractivity contribution in [2.75, 3.05) is 20.6 Å².